The lowest BCUT2D eigenvalue weighted by molar-refractivity contribution is 0.0436. The van der Waals surface area contributed by atoms with E-state index in [4.69, 9.17) is 9.26 Å². The third-order valence-corrected chi connectivity index (χ3v) is 4.70. The minimum Gasteiger partial charge on any atom is -0.378 e. The van der Waals surface area contributed by atoms with Gasteiger partial charge in [-0.05, 0) is 20.3 Å². The Morgan fingerprint density at radius 2 is 1.78 bits per heavy atom. The summed E-state index contributed by atoms with van der Waals surface area (Å²) >= 11 is 0. The number of hydrogen-bond acceptors (Lipinski definition) is 5. The number of aromatic nitrogens is 1. The van der Waals surface area contributed by atoms with Crippen LogP contribution in [0, 0.1) is 13.8 Å². The standard InChI is InChI=1S/C16H26N4O3/c1-13-15(14(2)23-17-13)12-18-4-3-5-19(7-6-18)16(21)20-8-10-22-11-9-20/h3-12H2,1-2H3. The molecule has 0 aliphatic carbocycles. The zero-order valence-electron chi connectivity index (χ0n) is 14.1. The van der Waals surface area contributed by atoms with Crippen LogP contribution >= 0.6 is 0 Å². The fraction of sp³-hybridized carbons (Fsp3) is 0.750. The molecule has 1 aromatic heterocycles. The molecule has 0 bridgehead atoms. The van der Waals surface area contributed by atoms with Gasteiger partial charge < -0.3 is 19.1 Å². The molecule has 7 nitrogen and oxygen atoms in total. The Kier molecular flexibility index (Phi) is 5.17. The smallest absolute Gasteiger partial charge is 0.320 e. The van der Waals surface area contributed by atoms with Crippen LogP contribution in [0.25, 0.3) is 0 Å². The van der Waals surface area contributed by atoms with E-state index in [2.05, 4.69) is 10.1 Å². The van der Waals surface area contributed by atoms with Gasteiger partial charge in [-0.1, -0.05) is 5.16 Å². The minimum absolute atomic E-state index is 0.160. The van der Waals surface area contributed by atoms with Gasteiger partial charge in [0.15, 0.2) is 0 Å². The predicted octanol–water partition coefficient (Wildman–Crippen LogP) is 1.25. The second-order valence-corrected chi connectivity index (χ2v) is 6.30. The van der Waals surface area contributed by atoms with Gasteiger partial charge >= 0.3 is 6.03 Å². The van der Waals surface area contributed by atoms with E-state index in [9.17, 15) is 4.79 Å². The lowest BCUT2D eigenvalue weighted by Gasteiger charge is -2.32. The Bertz CT molecular complexity index is 520. The third-order valence-electron chi connectivity index (χ3n) is 4.70. The zero-order chi connectivity index (χ0) is 16.2. The minimum atomic E-state index is 0.160. The van der Waals surface area contributed by atoms with E-state index in [1.54, 1.807) is 0 Å². The van der Waals surface area contributed by atoms with Gasteiger partial charge in [-0.25, -0.2) is 4.79 Å². The molecular weight excluding hydrogens is 296 g/mol. The predicted molar refractivity (Wildman–Crippen MR) is 85.2 cm³/mol. The molecule has 128 valence electrons. The SMILES string of the molecule is Cc1noc(C)c1CN1CCCN(C(=O)N2CCOCC2)CC1. The van der Waals surface area contributed by atoms with Crippen LogP contribution in [0.15, 0.2) is 4.52 Å². The van der Waals surface area contributed by atoms with Crippen LogP contribution in [0.1, 0.15) is 23.4 Å². The first-order valence-electron chi connectivity index (χ1n) is 8.41. The molecular formula is C16H26N4O3. The van der Waals surface area contributed by atoms with Crippen LogP contribution < -0.4 is 0 Å². The maximum atomic E-state index is 12.6. The lowest BCUT2D eigenvalue weighted by Crippen LogP contribution is -2.49. The molecule has 2 saturated heterocycles. The Morgan fingerprint density at radius 1 is 1.04 bits per heavy atom. The molecule has 2 aliphatic rings. The Morgan fingerprint density at radius 3 is 2.48 bits per heavy atom. The molecule has 0 spiro atoms. The molecule has 0 N–H and O–H groups in total. The molecule has 0 saturated carbocycles. The van der Waals surface area contributed by atoms with Gasteiger partial charge in [0.05, 0.1) is 18.9 Å². The summed E-state index contributed by atoms with van der Waals surface area (Å²) in [6.45, 7) is 11.0. The average Bonchev–Trinajstić information content (AvgIpc) is 2.79. The molecule has 3 heterocycles. The highest BCUT2D eigenvalue weighted by molar-refractivity contribution is 5.74. The van der Waals surface area contributed by atoms with Crippen LogP contribution in [0.3, 0.4) is 0 Å². The van der Waals surface area contributed by atoms with E-state index in [0.29, 0.717) is 26.3 Å². The van der Waals surface area contributed by atoms with E-state index in [1.165, 1.54) is 5.56 Å². The summed E-state index contributed by atoms with van der Waals surface area (Å²) in [6, 6.07) is 0.160. The number of rotatable bonds is 2. The van der Waals surface area contributed by atoms with Gasteiger partial charge in [-0.15, -0.1) is 0 Å². The van der Waals surface area contributed by atoms with Crippen LogP contribution in [-0.4, -0.2) is 78.4 Å². The van der Waals surface area contributed by atoms with Gasteiger partial charge in [0.2, 0.25) is 0 Å². The van der Waals surface area contributed by atoms with Crippen LogP contribution in [0.2, 0.25) is 0 Å². The zero-order valence-corrected chi connectivity index (χ0v) is 14.1. The maximum absolute atomic E-state index is 12.6. The topological polar surface area (TPSA) is 62.1 Å². The number of carbonyl (C=O) groups excluding carboxylic acids is 1. The molecule has 0 atom stereocenters. The molecule has 2 amide bonds. The fourth-order valence-corrected chi connectivity index (χ4v) is 3.23. The average molecular weight is 322 g/mol. The van der Waals surface area contributed by atoms with Crippen molar-refractivity contribution < 1.29 is 14.1 Å². The highest BCUT2D eigenvalue weighted by Gasteiger charge is 2.25. The molecule has 0 unspecified atom stereocenters. The fourth-order valence-electron chi connectivity index (χ4n) is 3.23. The Labute approximate surface area is 137 Å². The van der Waals surface area contributed by atoms with Crippen molar-refractivity contribution in [2.45, 2.75) is 26.8 Å². The van der Waals surface area contributed by atoms with Crippen molar-refractivity contribution in [2.24, 2.45) is 0 Å². The molecule has 1 aromatic rings. The van der Waals surface area contributed by atoms with Crippen LogP contribution in [0.5, 0.6) is 0 Å². The van der Waals surface area contributed by atoms with Crippen LogP contribution in [-0.2, 0) is 11.3 Å². The number of ether oxygens (including phenoxy) is 1. The number of aryl methyl sites for hydroxylation is 2. The number of urea groups is 1. The van der Waals surface area contributed by atoms with Crippen molar-refractivity contribution in [1.82, 2.24) is 19.9 Å². The quantitative estimate of drug-likeness (QED) is 0.820. The highest BCUT2D eigenvalue weighted by atomic mass is 16.5. The third kappa shape index (κ3) is 3.84. The summed E-state index contributed by atoms with van der Waals surface area (Å²) in [4.78, 5) is 18.9. The highest BCUT2D eigenvalue weighted by Crippen LogP contribution is 2.17. The van der Waals surface area contributed by atoms with Crippen molar-refractivity contribution >= 4 is 6.03 Å². The monoisotopic (exact) mass is 322 g/mol. The van der Waals surface area contributed by atoms with Gasteiger partial charge in [-0.3, -0.25) is 4.90 Å². The van der Waals surface area contributed by atoms with Gasteiger partial charge in [0.1, 0.15) is 5.76 Å². The Hall–Kier alpha value is -1.60. The molecule has 7 heteroatoms. The van der Waals surface area contributed by atoms with Gasteiger partial charge in [0, 0.05) is 51.4 Å². The number of hydrogen-bond donors (Lipinski definition) is 0. The molecule has 23 heavy (non-hydrogen) atoms. The van der Waals surface area contributed by atoms with Crippen molar-refractivity contribution in [3.63, 3.8) is 0 Å². The summed E-state index contributed by atoms with van der Waals surface area (Å²) in [5.74, 6) is 0.896. The van der Waals surface area contributed by atoms with E-state index in [0.717, 1.165) is 50.6 Å². The van der Waals surface area contributed by atoms with Gasteiger partial charge in [0.25, 0.3) is 0 Å². The second-order valence-electron chi connectivity index (χ2n) is 6.30. The van der Waals surface area contributed by atoms with E-state index >= 15 is 0 Å². The lowest BCUT2D eigenvalue weighted by atomic mass is 10.2. The molecule has 2 fully saturated rings. The molecule has 2 aliphatic heterocycles. The maximum Gasteiger partial charge on any atom is 0.320 e. The molecule has 0 radical (unpaired) electrons. The molecule has 0 aromatic carbocycles. The number of nitrogens with zero attached hydrogens (tertiary/aromatic N) is 4. The van der Waals surface area contributed by atoms with Crippen molar-refractivity contribution in [3.05, 3.63) is 17.0 Å². The summed E-state index contributed by atoms with van der Waals surface area (Å²) < 4.78 is 10.6. The molecule has 3 rings (SSSR count). The van der Waals surface area contributed by atoms with Crippen LogP contribution in [0.4, 0.5) is 4.79 Å². The first kappa shape index (κ1) is 16.3. The van der Waals surface area contributed by atoms with Crippen molar-refractivity contribution in [1.29, 1.82) is 0 Å². The number of morpholine rings is 1. The number of amides is 2. The summed E-state index contributed by atoms with van der Waals surface area (Å²) in [5, 5.41) is 4.02. The summed E-state index contributed by atoms with van der Waals surface area (Å²) in [6.07, 6.45) is 0.999. The number of carbonyl (C=O) groups is 1. The van der Waals surface area contributed by atoms with E-state index in [-0.39, 0.29) is 6.03 Å². The van der Waals surface area contributed by atoms with Crippen molar-refractivity contribution in [3.8, 4) is 0 Å². The van der Waals surface area contributed by atoms with E-state index in [1.807, 2.05) is 23.6 Å². The first-order valence-corrected chi connectivity index (χ1v) is 8.41. The van der Waals surface area contributed by atoms with Gasteiger partial charge in [-0.2, -0.15) is 0 Å². The second kappa shape index (κ2) is 7.31. The summed E-state index contributed by atoms with van der Waals surface area (Å²) in [7, 11) is 0. The first-order chi connectivity index (χ1) is 11.1. The normalized spacial score (nSPS) is 20.6. The largest absolute Gasteiger partial charge is 0.378 e. The summed E-state index contributed by atoms with van der Waals surface area (Å²) in [5.41, 5.74) is 2.14. The van der Waals surface area contributed by atoms with Crippen molar-refractivity contribution in [2.75, 3.05) is 52.5 Å². The Balaban J connectivity index is 1.55. The van der Waals surface area contributed by atoms with E-state index < -0.39 is 0 Å².